The van der Waals surface area contributed by atoms with Crippen LogP contribution in [0.2, 0.25) is 0 Å². The Morgan fingerprint density at radius 1 is 1.07 bits per heavy atom. The van der Waals surface area contributed by atoms with Crippen molar-refractivity contribution in [1.82, 2.24) is 19.6 Å². The summed E-state index contributed by atoms with van der Waals surface area (Å²) in [5.41, 5.74) is 1.78. The Kier molecular flexibility index (Phi) is 5.08. The Morgan fingerprint density at radius 2 is 1.75 bits per heavy atom. The third kappa shape index (κ3) is 3.75. The van der Waals surface area contributed by atoms with Gasteiger partial charge in [-0.2, -0.15) is 4.68 Å². The number of amides is 1. The largest absolute Gasteiger partial charge is 0.437 e. The molecule has 1 aromatic heterocycles. The van der Waals surface area contributed by atoms with Crippen molar-refractivity contribution >= 4 is 5.91 Å². The molecule has 0 radical (unpaired) electrons. The molecule has 1 aliphatic heterocycles. The molecule has 3 aromatic rings. The van der Waals surface area contributed by atoms with Gasteiger partial charge in [-0.05, 0) is 24.7 Å². The van der Waals surface area contributed by atoms with Crippen LogP contribution in [0.15, 0.2) is 69.9 Å². The maximum atomic E-state index is 13.0. The number of carbonyl (C=O) groups excluding carboxylic acids is 1. The first-order valence-electron chi connectivity index (χ1n) is 9.28. The number of hydrogen-bond donors (Lipinski definition) is 0. The number of carbonyl (C=O) groups is 1. The van der Waals surface area contributed by atoms with Gasteiger partial charge in [-0.3, -0.25) is 4.79 Å². The number of benzene rings is 2. The van der Waals surface area contributed by atoms with Crippen LogP contribution >= 0.6 is 0 Å². The molecule has 1 atom stereocenters. The summed E-state index contributed by atoms with van der Waals surface area (Å²) in [5.74, 6) is -0.550. The highest BCUT2D eigenvalue weighted by molar-refractivity contribution is 5.76. The maximum absolute atomic E-state index is 13.0. The van der Waals surface area contributed by atoms with Crippen LogP contribution in [-0.4, -0.2) is 52.2 Å². The van der Waals surface area contributed by atoms with Gasteiger partial charge in [0.2, 0.25) is 11.8 Å². The third-order valence-electron chi connectivity index (χ3n) is 5.00. The number of piperazine rings is 1. The van der Waals surface area contributed by atoms with Crippen molar-refractivity contribution in [2.45, 2.75) is 12.6 Å². The number of likely N-dealkylation sites (N-methyl/N-ethyl adjacent to an activating group) is 1. The van der Waals surface area contributed by atoms with Gasteiger partial charge < -0.3 is 14.2 Å². The molecule has 1 amide bonds. The molecular formula is C21H22N4O3. The van der Waals surface area contributed by atoms with Crippen LogP contribution in [0.25, 0.3) is 11.5 Å². The summed E-state index contributed by atoms with van der Waals surface area (Å²) in [7, 11) is 2.05. The molecule has 0 unspecified atom stereocenters. The molecule has 4 rings (SSSR count). The second-order valence-electron chi connectivity index (χ2n) is 6.97. The fourth-order valence-corrected chi connectivity index (χ4v) is 3.50. The summed E-state index contributed by atoms with van der Waals surface area (Å²) in [6.45, 7) is 2.01. The fraction of sp³-hybridized carbons (Fsp3) is 0.286. The minimum Gasteiger partial charge on any atom is -0.388 e. The van der Waals surface area contributed by atoms with Gasteiger partial charge in [0, 0.05) is 25.2 Å². The zero-order chi connectivity index (χ0) is 19.5. The highest BCUT2D eigenvalue weighted by Gasteiger charge is 2.30. The lowest BCUT2D eigenvalue weighted by Gasteiger charge is -2.40. The molecule has 1 fully saturated rings. The molecule has 2 heterocycles. The summed E-state index contributed by atoms with van der Waals surface area (Å²) in [5, 5.41) is 4.21. The van der Waals surface area contributed by atoms with Gasteiger partial charge >= 0.3 is 5.76 Å². The standard InChI is InChI=1S/C21H22N4O3/c1-23-12-13-24(18(14-23)16-8-4-2-5-9-16)19(26)15-25-21(27)28-20(22-25)17-10-6-3-7-11-17/h2-11,18H,12-15H2,1H3/t18-/m1/s1. The molecule has 0 saturated carbocycles. The van der Waals surface area contributed by atoms with Crippen LogP contribution < -0.4 is 5.76 Å². The van der Waals surface area contributed by atoms with Crippen molar-refractivity contribution in [3.63, 3.8) is 0 Å². The number of aromatic nitrogens is 2. The lowest BCUT2D eigenvalue weighted by atomic mass is 10.0. The van der Waals surface area contributed by atoms with Crippen LogP contribution in [-0.2, 0) is 11.3 Å². The van der Waals surface area contributed by atoms with Gasteiger partial charge in [0.1, 0.15) is 6.54 Å². The number of rotatable bonds is 4. The smallest absolute Gasteiger partial charge is 0.388 e. The Bertz CT molecular complexity index is 997. The van der Waals surface area contributed by atoms with E-state index in [2.05, 4.69) is 10.00 Å². The summed E-state index contributed by atoms with van der Waals surface area (Å²) in [6.07, 6.45) is 0. The van der Waals surface area contributed by atoms with Gasteiger partial charge in [-0.15, -0.1) is 5.10 Å². The molecule has 1 saturated heterocycles. The second-order valence-corrected chi connectivity index (χ2v) is 6.97. The molecule has 2 aromatic carbocycles. The van der Waals surface area contributed by atoms with E-state index in [1.807, 2.05) is 72.6 Å². The van der Waals surface area contributed by atoms with Gasteiger partial charge in [-0.1, -0.05) is 48.5 Å². The predicted octanol–water partition coefficient (Wildman–Crippen LogP) is 2.02. The van der Waals surface area contributed by atoms with Crippen molar-refractivity contribution in [3.05, 3.63) is 76.8 Å². The monoisotopic (exact) mass is 378 g/mol. The van der Waals surface area contributed by atoms with E-state index in [9.17, 15) is 9.59 Å². The lowest BCUT2D eigenvalue weighted by molar-refractivity contribution is -0.137. The van der Waals surface area contributed by atoms with E-state index < -0.39 is 5.76 Å². The number of hydrogen-bond acceptors (Lipinski definition) is 5. The fourth-order valence-electron chi connectivity index (χ4n) is 3.50. The molecule has 0 bridgehead atoms. The van der Waals surface area contributed by atoms with E-state index >= 15 is 0 Å². The van der Waals surface area contributed by atoms with Gasteiger partial charge in [0.05, 0.1) is 6.04 Å². The maximum Gasteiger partial charge on any atom is 0.437 e. The molecule has 7 nitrogen and oxygen atoms in total. The first-order chi connectivity index (χ1) is 13.6. The first kappa shape index (κ1) is 18.2. The summed E-state index contributed by atoms with van der Waals surface area (Å²) in [6, 6.07) is 19.1. The van der Waals surface area contributed by atoms with Crippen molar-refractivity contribution in [2.24, 2.45) is 0 Å². The Labute approximate surface area is 162 Å². The zero-order valence-corrected chi connectivity index (χ0v) is 15.7. The molecule has 0 spiro atoms. The Balaban J connectivity index is 1.56. The van der Waals surface area contributed by atoms with Crippen LogP contribution in [0.4, 0.5) is 0 Å². The molecule has 28 heavy (non-hydrogen) atoms. The minimum absolute atomic E-state index is 0.0522. The Hall–Kier alpha value is -3.19. The second kappa shape index (κ2) is 7.82. The van der Waals surface area contributed by atoms with Gasteiger partial charge in [-0.25, -0.2) is 4.79 Å². The Morgan fingerprint density at radius 3 is 2.46 bits per heavy atom. The van der Waals surface area contributed by atoms with Crippen LogP contribution in [0.3, 0.4) is 0 Å². The summed E-state index contributed by atoms with van der Waals surface area (Å²) >= 11 is 0. The zero-order valence-electron chi connectivity index (χ0n) is 15.7. The lowest BCUT2D eigenvalue weighted by Crippen LogP contribution is -2.50. The van der Waals surface area contributed by atoms with Crippen LogP contribution in [0.1, 0.15) is 11.6 Å². The van der Waals surface area contributed by atoms with E-state index in [1.165, 1.54) is 0 Å². The summed E-state index contributed by atoms with van der Waals surface area (Å²) in [4.78, 5) is 29.2. The average molecular weight is 378 g/mol. The van der Waals surface area contributed by atoms with E-state index in [1.54, 1.807) is 0 Å². The van der Waals surface area contributed by atoms with Crippen LogP contribution in [0.5, 0.6) is 0 Å². The molecule has 0 aliphatic carbocycles. The minimum atomic E-state index is -0.627. The van der Waals surface area contributed by atoms with E-state index in [0.29, 0.717) is 12.1 Å². The highest BCUT2D eigenvalue weighted by atomic mass is 16.4. The van der Waals surface area contributed by atoms with E-state index in [4.69, 9.17) is 4.42 Å². The molecular weight excluding hydrogens is 356 g/mol. The SMILES string of the molecule is CN1CCN(C(=O)Cn2nc(-c3ccccc3)oc2=O)[C@@H](c2ccccc2)C1. The van der Waals surface area contributed by atoms with Gasteiger partial charge in [0.25, 0.3) is 0 Å². The summed E-state index contributed by atoms with van der Waals surface area (Å²) < 4.78 is 6.34. The van der Waals surface area contributed by atoms with Crippen molar-refractivity contribution in [1.29, 1.82) is 0 Å². The van der Waals surface area contributed by atoms with E-state index in [-0.39, 0.29) is 24.4 Å². The first-order valence-corrected chi connectivity index (χ1v) is 9.28. The van der Waals surface area contributed by atoms with E-state index in [0.717, 1.165) is 23.3 Å². The highest BCUT2D eigenvalue weighted by Crippen LogP contribution is 2.25. The normalized spacial score (nSPS) is 17.6. The molecule has 1 aliphatic rings. The van der Waals surface area contributed by atoms with Crippen molar-refractivity contribution in [2.75, 3.05) is 26.7 Å². The van der Waals surface area contributed by atoms with Gasteiger partial charge in [0.15, 0.2) is 0 Å². The predicted molar refractivity (Wildman–Crippen MR) is 105 cm³/mol. The van der Waals surface area contributed by atoms with Crippen molar-refractivity contribution < 1.29 is 9.21 Å². The molecule has 7 heteroatoms. The third-order valence-corrected chi connectivity index (χ3v) is 5.00. The number of nitrogens with zero attached hydrogens (tertiary/aromatic N) is 4. The van der Waals surface area contributed by atoms with Crippen LogP contribution in [0, 0.1) is 0 Å². The topological polar surface area (TPSA) is 71.6 Å². The molecule has 144 valence electrons. The average Bonchev–Trinajstić information content (AvgIpc) is 3.09. The quantitative estimate of drug-likeness (QED) is 0.695. The molecule has 0 N–H and O–H groups in total. The van der Waals surface area contributed by atoms with Crippen molar-refractivity contribution in [3.8, 4) is 11.5 Å².